The Morgan fingerprint density at radius 2 is 2.20 bits per heavy atom. The van der Waals surface area contributed by atoms with Gasteiger partial charge in [0.25, 0.3) is 0 Å². The normalized spacial score (nSPS) is 12.2. The summed E-state index contributed by atoms with van der Waals surface area (Å²) in [6, 6.07) is 0.285. The van der Waals surface area contributed by atoms with Gasteiger partial charge in [0.15, 0.2) is 5.82 Å². The van der Waals surface area contributed by atoms with E-state index in [1.165, 1.54) is 0 Å². The third-order valence-electron chi connectivity index (χ3n) is 1.93. The predicted octanol–water partition coefficient (Wildman–Crippen LogP) is 0.599. The van der Waals surface area contributed by atoms with E-state index in [-0.39, 0.29) is 6.04 Å². The van der Waals surface area contributed by atoms with Crippen molar-refractivity contribution in [2.24, 2.45) is 5.84 Å². The summed E-state index contributed by atoms with van der Waals surface area (Å²) in [6.45, 7) is 2.78. The molecule has 1 atom stereocenters. The van der Waals surface area contributed by atoms with E-state index in [9.17, 15) is 0 Å². The standard InChI is InChI=1S/C9H17N5O/c1-7(3-4-15-2)12-8-5-11-6-9(13-8)14-10/h5-7H,3-4,10H2,1-2H3,(H2,12,13,14). The highest BCUT2D eigenvalue weighted by molar-refractivity contribution is 5.41. The highest BCUT2D eigenvalue weighted by Crippen LogP contribution is 2.07. The first-order valence-corrected chi connectivity index (χ1v) is 4.80. The molecule has 0 spiro atoms. The summed E-state index contributed by atoms with van der Waals surface area (Å²) in [5.41, 5.74) is 2.45. The number of nitrogen functional groups attached to an aromatic ring is 1. The summed E-state index contributed by atoms with van der Waals surface area (Å²) in [7, 11) is 1.69. The van der Waals surface area contributed by atoms with Gasteiger partial charge in [-0.3, -0.25) is 4.98 Å². The van der Waals surface area contributed by atoms with E-state index >= 15 is 0 Å². The van der Waals surface area contributed by atoms with Crippen molar-refractivity contribution in [1.29, 1.82) is 0 Å². The maximum absolute atomic E-state index is 5.23. The molecule has 84 valence electrons. The molecule has 1 aromatic rings. The highest BCUT2D eigenvalue weighted by Gasteiger charge is 2.03. The number of rotatable bonds is 6. The first-order chi connectivity index (χ1) is 7.26. The third-order valence-corrected chi connectivity index (χ3v) is 1.93. The minimum atomic E-state index is 0.285. The van der Waals surface area contributed by atoms with Crippen molar-refractivity contribution >= 4 is 11.6 Å². The molecule has 0 amide bonds. The Hall–Kier alpha value is -1.40. The fourth-order valence-corrected chi connectivity index (χ4v) is 1.12. The molecule has 6 heteroatoms. The number of aromatic nitrogens is 2. The van der Waals surface area contributed by atoms with Crippen LogP contribution in [0.25, 0.3) is 0 Å². The summed E-state index contributed by atoms with van der Waals surface area (Å²) < 4.78 is 4.99. The van der Waals surface area contributed by atoms with Gasteiger partial charge in [-0.15, -0.1) is 0 Å². The molecule has 1 heterocycles. The van der Waals surface area contributed by atoms with Gasteiger partial charge in [-0.05, 0) is 13.3 Å². The molecule has 1 rings (SSSR count). The van der Waals surface area contributed by atoms with Gasteiger partial charge in [-0.1, -0.05) is 0 Å². The Morgan fingerprint density at radius 1 is 1.47 bits per heavy atom. The van der Waals surface area contributed by atoms with Crippen LogP contribution in [-0.2, 0) is 4.74 Å². The lowest BCUT2D eigenvalue weighted by Crippen LogP contribution is -2.19. The van der Waals surface area contributed by atoms with E-state index in [1.54, 1.807) is 19.5 Å². The summed E-state index contributed by atoms with van der Waals surface area (Å²) >= 11 is 0. The van der Waals surface area contributed by atoms with E-state index in [1.807, 2.05) is 0 Å². The summed E-state index contributed by atoms with van der Waals surface area (Å²) in [6.07, 6.45) is 4.13. The van der Waals surface area contributed by atoms with Gasteiger partial charge >= 0.3 is 0 Å². The average Bonchev–Trinajstić information content (AvgIpc) is 2.26. The molecule has 0 saturated carbocycles. The lowest BCUT2D eigenvalue weighted by molar-refractivity contribution is 0.191. The number of nitrogens with one attached hydrogen (secondary N) is 2. The van der Waals surface area contributed by atoms with Gasteiger partial charge in [-0.25, -0.2) is 10.8 Å². The molecular weight excluding hydrogens is 194 g/mol. The minimum absolute atomic E-state index is 0.285. The number of nitrogens with zero attached hydrogens (tertiary/aromatic N) is 2. The third kappa shape index (κ3) is 4.09. The maximum Gasteiger partial charge on any atom is 0.160 e. The number of hydrazine groups is 1. The number of nitrogens with two attached hydrogens (primary N) is 1. The van der Waals surface area contributed by atoms with Gasteiger partial charge < -0.3 is 15.5 Å². The lowest BCUT2D eigenvalue weighted by atomic mass is 10.2. The van der Waals surface area contributed by atoms with Gasteiger partial charge in [0.1, 0.15) is 5.82 Å². The molecule has 1 aromatic heterocycles. The first kappa shape index (κ1) is 11.7. The van der Waals surface area contributed by atoms with E-state index < -0.39 is 0 Å². The van der Waals surface area contributed by atoms with Crippen LogP contribution in [0, 0.1) is 0 Å². The van der Waals surface area contributed by atoms with Crippen molar-refractivity contribution in [3.63, 3.8) is 0 Å². The van der Waals surface area contributed by atoms with E-state index in [0.717, 1.165) is 13.0 Å². The molecular formula is C9H17N5O. The van der Waals surface area contributed by atoms with Crippen LogP contribution < -0.4 is 16.6 Å². The second-order valence-corrected chi connectivity index (χ2v) is 3.26. The van der Waals surface area contributed by atoms with Crippen LogP contribution in [0.4, 0.5) is 11.6 Å². The molecule has 0 aliphatic heterocycles. The number of ether oxygens (including phenoxy) is 1. The fraction of sp³-hybridized carbons (Fsp3) is 0.556. The molecule has 0 radical (unpaired) electrons. The number of anilines is 2. The van der Waals surface area contributed by atoms with E-state index in [2.05, 4.69) is 27.6 Å². The highest BCUT2D eigenvalue weighted by atomic mass is 16.5. The quantitative estimate of drug-likeness (QED) is 0.472. The summed E-state index contributed by atoms with van der Waals surface area (Å²) in [5.74, 6) is 6.47. The van der Waals surface area contributed by atoms with Crippen molar-refractivity contribution in [2.75, 3.05) is 24.5 Å². The summed E-state index contributed by atoms with van der Waals surface area (Å²) in [4.78, 5) is 8.18. The molecule has 4 N–H and O–H groups in total. The molecule has 0 bridgehead atoms. The van der Waals surface area contributed by atoms with Crippen LogP contribution in [0.1, 0.15) is 13.3 Å². The molecule has 0 aliphatic rings. The Balaban J connectivity index is 2.48. The zero-order chi connectivity index (χ0) is 11.1. The smallest absolute Gasteiger partial charge is 0.160 e. The van der Waals surface area contributed by atoms with Crippen LogP contribution in [0.15, 0.2) is 12.4 Å². The first-order valence-electron chi connectivity index (χ1n) is 4.80. The average molecular weight is 211 g/mol. The second kappa shape index (κ2) is 6.15. The molecule has 1 unspecified atom stereocenters. The Labute approximate surface area is 89.2 Å². The van der Waals surface area contributed by atoms with Crippen molar-refractivity contribution in [2.45, 2.75) is 19.4 Å². The van der Waals surface area contributed by atoms with Crippen LogP contribution in [-0.4, -0.2) is 29.7 Å². The van der Waals surface area contributed by atoms with Crippen LogP contribution in [0.2, 0.25) is 0 Å². The fourth-order valence-electron chi connectivity index (χ4n) is 1.12. The van der Waals surface area contributed by atoms with Gasteiger partial charge in [0, 0.05) is 19.8 Å². The number of hydrogen-bond acceptors (Lipinski definition) is 6. The summed E-state index contributed by atoms with van der Waals surface area (Å²) in [5, 5.41) is 3.20. The lowest BCUT2D eigenvalue weighted by Gasteiger charge is -2.13. The number of hydrogen-bond donors (Lipinski definition) is 3. The maximum atomic E-state index is 5.23. The van der Waals surface area contributed by atoms with Crippen LogP contribution >= 0.6 is 0 Å². The Morgan fingerprint density at radius 3 is 2.87 bits per heavy atom. The molecule has 15 heavy (non-hydrogen) atoms. The monoisotopic (exact) mass is 211 g/mol. The zero-order valence-corrected chi connectivity index (χ0v) is 9.03. The molecule has 0 aromatic carbocycles. The molecule has 0 saturated heterocycles. The van der Waals surface area contributed by atoms with Crippen molar-refractivity contribution in [3.05, 3.63) is 12.4 Å². The van der Waals surface area contributed by atoms with Crippen LogP contribution in [0.5, 0.6) is 0 Å². The van der Waals surface area contributed by atoms with Crippen molar-refractivity contribution < 1.29 is 4.74 Å². The van der Waals surface area contributed by atoms with Crippen molar-refractivity contribution in [1.82, 2.24) is 9.97 Å². The van der Waals surface area contributed by atoms with Gasteiger partial charge in [0.05, 0.1) is 12.4 Å². The largest absolute Gasteiger partial charge is 0.385 e. The minimum Gasteiger partial charge on any atom is -0.385 e. The number of methoxy groups -OCH3 is 1. The topological polar surface area (TPSA) is 85.1 Å². The van der Waals surface area contributed by atoms with E-state index in [4.69, 9.17) is 10.6 Å². The zero-order valence-electron chi connectivity index (χ0n) is 9.03. The Bertz CT molecular complexity index is 294. The SMILES string of the molecule is COCCC(C)Nc1cncc(NN)n1. The van der Waals surface area contributed by atoms with Crippen molar-refractivity contribution in [3.8, 4) is 0 Å². The van der Waals surface area contributed by atoms with Gasteiger partial charge in [0.2, 0.25) is 0 Å². The second-order valence-electron chi connectivity index (χ2n) is 3.26. The molecule has 6 nitrogen and oxygen atoms in total. The van der Waals surface area contributed by atoms with E-state index in [0.29, 0.717) is 11.6 Å². The van der Waals surface area contributed by atoms with Gasteiger partial charge in [-0.2, -0.15) is 0 Å². The van der Waals surface area contributed by atoms with Crippen LogP contribution in [0.3, 0.4) is 0 Å². The predicted molar refractivity (Wildman–Crippen MR) is 59.4 cm³/mol. The Kier molecular flexibility index (Phi) is 4.79. The molecule has 0 aliphatic carbocycles. The molecule has 0 fully saturated rings.